The maximum atomic E-state index is 12.4. The van der Waals surface area contributed by atoms with Gasteiger partial charge in [0.05, 0.1) is 33.6 Å². The number of para-hydroxylation sites is 1. The Hall–Kier alpha value is -1.93. The van der Waals surface area contributed by atoms with Crippen LogP contribution in [-0.4, -0.2) is 46.6 Å². The Morgan fingerprint density at radius 3 is 2.68 bits per heavy atom. The van der Waals surface area contributed by atoms with E-state index in [1.54, 1.807) is 17.0 Å². The van der Waals surface area contributed by atoms with E-state index in [4.69, 9.17) is 11.6 Å². The van der Waals surface area contributed by atoms with Crippen LogP contribution in [0.2, 0.25) is 5.02 Å². The van der Waals surface area contributed by atoms with Gasteiger partial charge in [0.2, 0.25) is 5.91 Å². The lowest BCUT2D eigenvalue weighted by Crippen LogP contribution is -2.48. The summed E-state index contributed by atoms with van der Waals surface area (Å²) in [6.07, 6.45) is 0. The standard InChI is InChI=1S/C13H13ClN4O3S/c14-9-2-1-3-10-12(9)18(13(20)22-10)8-11(19)16-4-6-17(15-21)7-5-16/h1-3H,4-8H2. The first-order valence-corrected chi connectivity index (χ1v) is 7.93. The van der Waals surface area contributed by atoms with Crippen molar-refractivity contribution >= 4 is 39.1 Å². The first-order chi connectivity index (χ1) is 10.6. The zero-order chi connectivity index (χ0) is 15.7. The van der Waals surface area contributed by atoms with E-state index in [9.17, 15) is 14.5 Å². The van der Waals surface area contributed by atoms with Gasteiger partial charge < -0.3 is 4.90 Å². The summed E-state index contributed by atoms with van der Waals surface area (Å²) in [5, 5.41) is 4.70. The highest BCUT2D eigenvalue weighted by molar-refractivity contribution is 7.16. The van der Waals surface area contributed by atoms with Crippen LogP contribution in [0.4, 0.5) is 0 Å². The maximum absolute atomic E-state index is 12.4. The van der Waals surface area contributed by atoms with Crippen LogP contribution in [0.3, 0.4) is 0 Å². The highest BCUT2D eigenvalue weighted by Crippen LogP contribution is 2.25. The summed E-state index contributed by atoms with van der Waals surface area (Å²) in [6, 6.07) is 5.28. The molecule has 0 radical (unpaired) electrons. The van der Waals surface area contributed by atoms with Gasteiger partial charge in [-0.05, 0) is 12.1 Å². The third kappa shape index (κ3) is 2.71. The Kier molecular flexibility index (Phi) is 4.12. The van der Waals surface area contributed by atoms with Crippen LogP contribution >= 0.6 is 22.9 Å². The molecule has 1 saturated heterocycles. The third-order valence-corrected chi connectivity index (χ3v) is 4.90. The summed E-state index contributed by atoms with van der Waals surface area (Å²) in [5.74, 6) is -0.160. The number of piperazine rings is 1. The topological polar surface area (TPSA) is 75.0 Å². The van der Waals surface area contributed by atoms with Gasteiger partial charge in [0.15, 0.2) is 0 Å². The molecule has 1 amide bonds. The first kappa shape index (κ1) is 15.0. The number of aromatic nitrogens is 1. The molecule has 9 heteroatoms. The molecule has 0 N–H and O–H groups in total. The van der Waals surface area contributed by atoms with Gasteiger partial charge in [-0.15, -0.1) is 4.91 Å². The number of halogens is 1. The number of hydrogen-bond acceptors (Lipinski definition) is 5. The summed E-state index contributed by atoms with van der Waals surface area (Å²) in [5.41, 5.74) is 0.598. The second kappa shape index (κ2) is 6.05. The van der Waals surface area contributed by atoms with Gasteiger partial charge >= 0.3 is 4.87 Å². The van der Waals surface area contributed by atoms with E-state index in [0.29, 0.717) is 36.7 Å². The van der Waals surface area contributed by atoms with Crippen molar-refractivity contribution in [3.63, 3.8) is 0 Å². The molecule has 3 rings (SSSR count). The Labute approximate surface area is 134 Å². The fourth-order valence-electron chi connectivity index (χ4n) is 2.49. The fraction of sp³-hybridized carbons (Fsp3) is 0.385. The molecule has 1 fully saturated rings. The van der Waals surface area contributed by atoms with Gasteiger partial charge in [-0.1, -0.05) is 29.0 Å². The molecule has 0 saturated carbocycles. The highest BCUT2D eigenvalue weighted by atomic mass is 35.5. The fourth-order valence-corrected chi connectivity index (χ4v) is 3.74. The molecule has 1 aliphatic heterocycles. The number of rotatable bonds is 3. The van der Waals surface area contributed by atoms with E-state index >= 15 is 0 Å². The van der Waals surface area contributed by atoms with Crippen molar-refractivity contribution < 1.29 is 4.79 Å². The van der Waals surface area contributed by atoms with E-state index in [2.05, 4.69) is 5.29 Å². The minimum Gasteiger partial charge on any atom is -0.337 e. The molecule has 0 aliphatic carbocycles. The molecule has 1 aromatic heterocycles. The summed E-state index contributed by atoms with van der Waals surface area (Å²) < 4.78 is 2.18. The third-order valence-electron chi connectivity index (χ3n) is 3.65. The summed E-state index contributed by atoms with van der Waals surface area (Å²) >= 11 is 7.22. The van der Waals surface area contributed by atoms with Crippen LogP contribution in [-0.2, 0) is 11.3 Å². The van der Waals surface area contributed by atoms with Crippen LogP contribution in [0.1, 0.15) is 0 Å². The number of thiazole rings is 1. The molecule has 1 aliphatic rings. The minimum absolute atomic E-state index is 0.0446. The molecule has 22 heavy (non-hydrogen) atoms. The number of amides is 1. The van der Waals surface area contributed by atoms with Crippen LogP contribution in [0.5, 0.6) is 0 Å². The number of hydrogen-bond donors (Lipinski definition) is 0. The van der Waals surface area contributed by atoms with Gasteiger partial charge in [-0.2, -0.15) is 0 Å². The lowest BCUT2D eigenvalue weighted by Gasteiger charge is -2.31. The lowest BCUT2D eigenvalue weighted by molar-refractivity contribution is -0.133. The smallest absolute Gasteiger partial charge is 0.308 e. The van der Waals surface area contributed by atoms with Gasteiger partial charge in [-0.3, -0.25) is 19.2 Å². The maximum Gasteiger partial charge on any atom is 0.308 e. The molecular weight excluding hydrogens is 328 g/mol. The number of carbonyl (C=O) groups excluding carboxylic acids is 1. The average molecular weight is 341 g/mol. The summed E-state index contributed by atoms with van der Waals surface area (Å²) in [6.45, 7) is 1.63. The first-order valence-electron chi connectivity index (χ1n) is 6.74. The van der Waals surface area contributed by atoms with Crippen molar-refractivity contribution in [2.24, 2.45) is 5.29 Å². The van der Waals surface area contributed by atoms with Crippen LogP contribution in [0, 0.1) is 4.91 Å². The van der Waals surface area contributed by atoms with Crippen molar-refractivity contribution in [2.75, 3.05) is 26.2 Å². The van der Waals surface area contributed by atoms with Crippen LogP contribution in [0.25, 0.3) is 10.2 Å². The van der Waals surface area contributed by atoms with Gasteiger partial charge in [-0.25, -0.2) is 0 Å². The van der Waals surface area contributed by atoms with Crippen molar-refractivity contribution in [1.29, 1.82) is 0 Å². The molecule has 0 bridgehead atoms. The number of nitrogens with zero attached hydrogens (tertiary/aromatic N) is 4. The number of carbonyl (C=O) groups is 1. The van der Waals surface area contributed by atoms with E-state index < -0.39 is 0 Å². The molecule has 116 valence electrons. The lowest BCUT2D eigenvalue weighted by atomic mass is 10.3. The summed E-state index contributed by atoms with van der Waals surface area (Å²) in [4.78, 5) is 36.3. The Bertz CT molecular complexity index is 779. The van der Waals surface area contributed by atoms with Crippen molar-refractivity contribution in [3.8, 4) is 0 Å². The second-order valence-electron chi connectivity index (χ2n) is 4.96. The molecule has 7 nitrogen and oxygen atoms in total. The Morgan fingerprint density at radius 1 is 1.27 bits per heavy atom. The second-order valence-corrected chi connectivity index (χ2v) is 6.36. The predicted octanol–water partition coefficient (Wildman–Crippen LogP) is 1.54. The van der Waals surface area contributed by atoms with Crippen molar-refractivity contribution in [1.82, 2.24) is 14.5 Å². The number of benzene rings is 1. The molecule has 0 spiro atoms. The SMILES string of the molecule is O=NN1CCN(C(=O)Cn2c(=O)sc3cccc(Cl)c32)CC1. The number of nitroso groups, excluding NO2 is 1. The van der Waals surface area contributed by atoms with Crippen LogP contribution in [0.15, 0.2) is 28.3 Å². The molecular formula is C13H13ClN4O3S. The predicted molar refractivity (Wildman–Crippen MR) is 85.0 cm³/mol. The van der Waals surface area contributed by atoms with E-state index in [1.165, 1.54) is 9.58 Å². The Balaban J connectivity index is 1.82. The highest BCUT2D eigenvalue weighted by Gasteiger charge is 2.22. The van der Waals surface area contributed by atoms with Gasteiger partial charge in [0.25, 0.3) is 0 Å². The van der Waals surface area contributed by atoms with Crippen molar-refractivity contribution in [3.05, 3.63) is 37.8 Å². The van der Waals surface area contributed by atoms with Crippen molar-refractivity contribution in [2.45, 2.75) is 6.54 Å². The molecule has 1 aromatic carbocycles. The zero-order valence-electron chi connectivity index (χ0n) is 11.6. The van der Waals surface area contributed by atoms with E-state index in [0.717, 1.165) is 16.0 Å². The van der Waals surface area contributed by atoms with E-state index in [-0.39, 0.29) is 17.3 Å². The number of fused-ring (bicyclic) bond motifs is 1. The molecule has 2 aromatic rings. The largest absolute Gasteiger partial charge is 0.337 e. The molecule has 0 unspecified atom stereocenters. The van der Waals surface area contributed by atoms with E-state index in [1.807, 2.05) is 6.07 Å². The minimum atomic E-state index is -0.204. The van der Waals surface area contributed by atoms with Gasteiger partial charge in [0, 0.05) is 13.1 Å². The zero-order valence-corrected chi connectivity index (χ0v) is 13.1. The average Bonchev–Trinajstić information content (AvgIpc) is 2.84. The monoisotopic (exact) mass is 340 g/mol. The van der Waals surface area contributed by atoms with Crippen LogP contribution < -0.4 is 4.87 Å². The normalized spacial score (nSPS) is 15.3. The summed E-state index contributed by atoms with van der Waals surface area (Å²) in [7, 11) is 0. The molecule has 2 heterocycles. The van der Waals surface area contributed by atoms with Gasteiger partial charge in [0.1, 0.15) is 6.54 Å². The Morgan fingerprint density at radius 2 is 2.00 bits per heavy atom. The quantitative estimate of drug-likeness (QED) is 0.794. The molecule has 0 atom stereocenters.